The van der Waals surface area contributed by atoms with Gasteiger partial charge in [-0.25, -0.2) is 13.4 Å². The molecule has 0 aliphatic heterocycles. The van der Waals surface area contributed by atoms with E-state index in [2.05, 4.69) is 10.3 Å². The van der Waals surface area contributed by atoms with E-state index in [4.69, 9.17) is 0 Å². The van der Waals surface area contributed by atoms with Crippen LogP contribution in [0, 0.1) is 6.92 Å². The molecule has 0 radical (unpaired) electrons. The minimum atomic E-state index is -3.11. The van der Waals surface area contributed by atoms with Crippen molar-refractivity contribution in [3.05, 3.63) is 5.69 Å². The van der Waals surface area contributed by atoms with Crippen LogP contribution in [0.1, 0.15) is 5.69 Å². The molecule has 1 aromatic heterocycles. The molecule has 1 rings (SSSR count). The molecule has 0 bridgehead atoms. The molecule has 0 atom stereocenters. The van der Waals surface area contributed by atoms with Gasteiger partial charge < -0.3 is 5.32 Å². The van der Waals surface area contributed by atoms with Crippen molar-refractivity contribution in [3.63, 3.8) is 0 Å². The van der Waals surface area contributed by atoms with Crippen molar-refractivity contribution in [2.45, 2.75) is 11.1 Å². The zero-order valence-electron chi connectivity index (χ0n) is 7.08. The molecular weight excluding hydrogens is 196 g/mol. The van der Waals surface area contributed by atoms with Gasteiger partial charge in [0.05, 0.1) is 5.69 Å². The molecule has 0 amide bonds. The van der Waals surface area contributed by atoms with E-state index < -0.39 is 9.84 Å². The van der Waals surface area contributed by atoms with Crippen molar-refractivity contribution in [3.8, 4) is 0 Å². The number of hydrogen-bond acceptors (Lipinski definition) is 5. The molecule has 0 aliphatic rings. The number of anilines is 1. The normalized spacial score (nSPS) is 11.6. The fourth-order valence-electron chi connectivity index (χ4n) is 0.833. The SMILES string of the molecule is CNc1nc(C)c(S(C)(=O)=O)s1. The van der Waals surface area contributed by atoms with Gasteiger partial charge >= 0.3 is 0 Å². The van der Waals surface area contributed by atoms with E-state index >= 15 is 0 Å². The number of thiazole rings is 1. The first-order valence-electron chi connectivity index (χ1n) is 3.30. The monoisotopic (exact) mass is 206 g/mol. The minimum Gasteiger partial charge on any atom is -0.365 e. The molecule has 1 N–H and O–H groups in total. The fraction of sp³-hybridized carbons (Fsp3) is 0.500. The zero-order chi connectivity index (χ0) is 9.35. The number of sulfone groups is 1. The predicted octanol–water partition coefficient (Wildman–Crippen LogP) is 0.897. The van der Waals surface area contributed by atoms with Crippen molar-refractivity contribution < 1.29 is 8.42 Å². The maximum Gasteiger partial charge on any atom is 0.186 e. The highest BCUT2D eigenvalue weighted by Crippen LogP contribution is 2.26. The number of aromatic nitrogens is 1. The minimum absolute atomic E-state index is 0.340. The van der Waals surface area contributed by atoms with Crippen LogP contribution in [0.15, 0.2) is 4.21 Å². The second kappa shape index (κ2) is 3.02. The third-order valence-electron chi connectivity index (χ3n) is 1.30. The van der Waals surface area contributed by atoms with Crippen LogP contribution in [0.4, 0.5) is 5.13 Å². The molecule has 12 heavy (non-hydrogen) atoms. The molecule has 0 spiro atoms. The van der Waals surface area contributed by atoms with Gasteiger partial charge in [0.15, 0.2) is 15.0 Å². The van der Waals surface area contributed by atoms with Gasteiger partial charge in [-0.05, 0) is 6.92 Å². The Balaban J connectivity index is 3.27. The number of rotatable bonds is 2. The van der Waals surface area contributed by atoms with E-state index in [0.29, 0.717) is 15.0 Å². The van der Waals surface area contributed by atoms with E-state index in [1.54, 1.807) is 14.0 Å². The molecule has 1 aromatic rings. The third-order valence-corrected chi connectivity index (χ3v) is 4.40. The maximum atomic E-state index is 11.1. The lowest BCUT2D eigenvalue weighted by Crippen LogP contribution is -1.95. The molecule has 1 heterocycles. The fourth-order valence-corrected chi connectivity index (χ4v) is 2.91. The molecule has 68 valence electrons. The Morgan fingerprint density at radius 1 is 1.50 bits per heavy atom. The maximum absolute atomic E-state index is 11.1. The summed E-state index contributed by atoms with van der Waals surface area (Å²) in [7, 11) is -1.39. The summed E-state index contributed by atoms with van der Waals surface area (Å²) in [5, 5.41) is 3.44. The topological polar surface area (TPSA) is 59.1 Å². The van der Waals surface area contributed by atoms with Gasteiger partial charge in [-0.2, -0.15) is 0 Å². The summed E-state index contributed by atoms with van der Waals surface area (Å²) < 4.78 is 22.6. The highest BCUT2D eigenvalue weighted by molar-refractivity contribution is 7.92. The van der Waals surface area contributed by atoms with E-state index in [1.807, 2.05) is 0 Å². The highest BCUT2D eigenvalue weighted by Gasteiger charge is 2.15. The standard InChI is InChI=1S/C6H10N2O2S2/c1-4-5(12(3,9)10)11-6(7-2)8-4/h1-3H3,(H,7,8). The lowest BCUT2D eigenvalue weighted by Gasteiger charge is -1.90. The average molecular weight is 206 g/mol. The lowest BCUT2D eigenvalue weighted by molar-refractivity contribution is 0.603. The van der Waals surface area contributed by atoms with E-state index in [9.17, 15) is 8.42 Å². The van der Waals surface area contributed by atoms with E-state index in [-0.39, 0.29) is 0 Å². The van der Waals surface area contributed by atoms with Crippen LogP contribution in [0.2, 0.25) is 0 Å². The highest BCUT2D eigenvalue weighted by atomic mass is 32.2. The third kappa shape index (κ3) is 1.75. The average Bonchev–Trinajstić information content (AvgIpc) is 2.29. The molecule has 4 nitrogen and oxygen atoms in total. The van der Waals surface area contributed by atoms with Crippen molar-refractivity contribution in [1.82, 2.24) is 4.98 Å². The Morgan fingerprint density at radius 3 is 2.33 bits per heavy atom. The van der Waals surface area contributed by atoms with Crippen molar-refractivity contribution >= 4 is 26.3 Å². The summed E-state index contributed by atoms with van der Waals surface area (Å²) in [6, 6.07) is 0. The van der Waals surface area contributed by atoms with Crippen LogP contribution in [0.25, 0.3) is 0 Å². The molecule has 6 heteroatoms. The number of hydrogen-bond donors (Lipinski definition) is 1. The Kier molecular flexibility index (Phi) is 2.39. The predicted molar refractivity (Wildman–Crippen MR) is 49.5 cm³/mol. The summed E-state index contributed by atoms with van der Waals surface area (Å²) >= 11 is 1.16. The molecular formula is C6H10N2O2S2. The van der Waals surface area contributed by atoms with Gasteiger partial charge in [-0.15, -0.1) is 0 Å². The Labute approximate surface area is 75.6 Å². The van der Waals surface area contributed by atoms with Crippen LogP contribution in [0.5, 0.6) is 0 Å². The van der Waals surface area contributed by atoms with Crippen molar-refractivity contribution in [1.29, 1.82) is 0 Å². The molecule has 0 aliphatic carbocycles. The van der Waals surface area contributed by atoms with Gasteiger partial charge in [0.1, 0.15) is 4.21 Å². The quantitative estimate of drug-likeness (QED) is 0.781. The van der Waals surface area contributed by atoms with Gasteiger partial charge in [0.2, 0.25) is 0 Å². The van der Waals surface area contributed by atoms with Crippen LogP contribution >= 0.6 is 11.3 Å². The summed E-state index contributed by atoms with van der Waals surface area (Å²) in [6.45, 7) is 1.69. The first-order valence-corrected chi connectivity index (χ1v) is 6.01. The second-order valence-corrected chi connectivity index (χ2v) is 5.62. The number of nitrogens with zero attached hydrogens (tertiary/aromatic N) is 1. The van der Waals surface area contributed by atoms with Crippen LogP contribution in [-0.2, 0) is 9.84 Å². The summed E-state index contributed by atoms with van der Waals surface area (Å²) in [5.41, 5.74) is 0.562. The Bertz CT molecular complexity index is 380. The smallest absolute Gasteiger partial charge is 0.186 e. The molecule has 0 fully saturated rings. The van der Waals surface area contributed by atoms with Gasteiger partial charge in [0, 0.05) is 13.3 Å². The summed E-state index contributed by atoms with van der Waals surface area (Å²) in [4.78, 5) is 4.02. The first kappa shape index (κ1) is 9.47. The van der Waals surface area contributed by atoms with Crippen molar-refractivity contribution in [2.24, 2.45) is 0 Å². The van der Waals surface area contributed by atoms with Crippen molar-refractivity contribution in [2.75, 3.05) is 18.6 Å². The Hall–Kier alpha value is -0.620. The van der Waals surface area contributed by atoms with E-state index in [0.717, 1.165) is 11.3 Å². The molecule has 0 aromatic carbocycles. The van der Waals surface area contributed by atoms with Gasteiger partial charge in [-0.3, -0.25) is 0 Å². The molecule has 0 saturated carbocycles. The lowest BCUT2D eigenvalue weighted by atomic mass is 10.6. The van der Waals surface area contributed by atoms with Crippen LogP contribution < -0.4 is 5.32 Å². The van der Waals surface area contributed by atoms with Crippen LogP contribution in [-0.4, -0.2) is 26.7 Å². The molecule has 0 unspecified atom stereocenters. The zero-order valence-corrected chi connectivity index (χ0v) is 8.71. The van der Waals surface area contributed by atoms with Gasteiger partial charge in [-0.1, -0.05) is 11.3 Å². The van der Waals surface area contributed by atoms with Gasteiger partial charge in [0.25, 0.3) is 0 Å². The molecule has 0 saturated heterocycles. The summed E-state index contributed by atoms with van der Waals surface area (Å²) in [5.74, 6) is 0. The second-order valence-electron chi connectivity index (χ2n) is 2.41. The summed E-state index contributed by atoms with van der Waals surface area (Å²) in [6.07, 6.45) is 1.19. The van der Waals surface area contributed by atoms with E-state index in [1.165, 1.54) is 6.26 Å². The Morgan fingerprint density at radius 2 is 2.08 bits per heavy atom. The first-order chi connectivity index (χ1) is 5.45. The number of nitrogens with one attached hydrogen (secondary N) is 1. The number of aryl methyl sites for hydroxylation is 1. The van der Waals surface area contributed by atoms with Crippen LogP contribution in [0.3, 0.4) is 0 Å². The largest absolute Gasteiger partial charge is 0.365 e.